The Balaban J connectivity index is 1.45. The summed E-state index contributed by atoms with van der Waals surface area (Å²) in [6.07, 6.45) is 5.95. The maximum absolute atomic E-state index is 13.2. The van der Waals surface area contributed by atoms with Gasteiger partial charge >= 0.3 is 0 Å². The van der Waals surface area contributed by atoms with Crippen molar-refractivity contribution in [3.63, 3.8) is 0 Å². The molecule has 1 aromatic heterocycles. The Morgan fingerprint density at radius 3 is 3.04 bits per heavy atom. The van der Waals surface area contributed by atoms with Gasteiger partial charge in [0.05, 0.1) is 11.9 Å². The van der Waals surface area contributed by atoms with E-state index in [9.17, 15) is 9.18 Å². The highest BCUT2D eigenvalue weighted by atomic mass is 19.1. The lowest BCUT2D eigenvalue weighted by Crippen LogP contribution is -2.37. The van der Waals surface area contributed by atoms with E-state index in [-0.39, 0.29) is 23.7 Å². The van der Waals surface area contributed by atoms with Crippen molar-refractivity contribution in [2.45, 2.75) is 32.2 Å². The molecule has 0 aliphatic carbocycles. The zero-order valence-electron chi connectivity index (χ0n) is 14.8. The van der Waals surface area contributed by atoms with Gasteiger partial charge in [-0.3, -0.25) is 9.48 Å². The molecule has 0 spiro atoms. The first-order valence-corrected chi connectivity index (χ1v) is 8.77. The minimum absolute atomic E-state index is 0.0712. The summed E-state index contributed by atoms with van der Waals surface area (Å²) in [4.78, 5) is 14.5. The molecule has 1 N–H and O–H groups in total. The van der Waals surface area contributed by atoms with Crippen LogP contribution in [0.4, 0.5) is 10.1 Å². The summed E-state index contributed by atoms with van der Waals surface area (Å²) in [6.45, 7) is 3.77. The fourth-order valence-corrected chi connectivity index (χ4v) is 3.43. The van der Waals surface area contributed by atoms with Crippen LogP contribution < -0.4 is 10.2 Å². The number of anilines is 1. The highest BCUT2D eigenvalue weighted by Crippen LogP contribution is 2.20. The van der Waals surface area contributed by atoms with Crippen molar-refractivity contribution in [3.05, 3.63) is 48.0 Å². The van der Waals surface area contributed by atoms with Crippen molar-refractivity contribution < 1.29 is 9.18 Å². The van der Waals surface area contributed by atoms with Crippen LogP contribution in [-0.2, 0) is 18.3 Å². The average molecular weight is 344 g/mol. The maximum Gasteiger partial charge on any atom is 0.220 e. The SMILES string of the molecule is C[C@H](CC(=O)N[C@H]1CCN(c2cnn(C)c2)C1)Cc1cccc(F)c1. The lowest BCUT2D eigenvalue weighted by molar-refractivity contribution is -0.122. The fraction of sp³-hybridized carbons (Fsp3) is 0.474. The Bertz CT molecular complexity index is 730. The summed E-state index contributed by atoms with van der Waals surface area (Å²) in [6, 6.07) is 6.77. The van der Waals surface area contributed by atoms with Gasteiger partial charge in [0.1, 0.15) is 5.82 Å². The van der Waals surface area contributed by atoms with Gasteiger partial charge in [-0.25, -0.2) is 4.39 Å². The van der Waals surface area contributed by atoms with E-state index in [0.29, 0.717) is 12.8 Å². The molecule has 1 fully saturated rings. The summed E-state index contributed by atoms with van der Waals surface area (Å²) in [5.74, 6) is 0.0233. The first kappa shape index (κ1) is 17.5. The highest BCUT2D eigenvalue weighted by molar-refractivity contribution is 5.76. The third-order valence-electron chi connectivity index (χ3n) is 4.62. The molecule has 1 saturated heterocycles. The van der Waals surface area contributed by atoms with E-state index in [0.717, 1.165) is 30.8 Å². The molecule has 1 amide bonds. The quantitative estimate of drug-likeness (QED) is 0.876. The van der Waals surface area contributed by atoms with Crippen LogP contribution in [0.5, 0.6) is 0 Å². The van der Waals surface area contributed by atoms with Gasteiger partial charge in [0.2, 0.25) is 5.91 Å². The smallest absolute Gasteiger partial charge is 0.220 e. The van der Waals surface area contributed by atoms with Crippen LogP contribution in [0.1, 0.15) is 25.3 Å². The van der Waals surface area contributed by atoms with Crippen molar-refractivity contribution >= 4 is 11.6 Å². The molecule has 0 unspecified atom stereocenters. The Morgan fingerprint density at radius 1 is 1.48 bits per heavy atom. The predicted molar refractivity (Wildman–Crippen MR) is 95.9 cm³/mol. The van der Waals surface area contributed by atoms with Gasteiger partial charge in [-0.2, -0.15) is 5.10 Å². The van der Waals surface area contributed by atoms with Crippen molar-refractivity contribution in [2.24, 2.45) is 13.0 Å². The number of aromatic nitrogens is 2. The molecule has 5 nitrogen and oxygen atoms in total. The molecule has 1 aromatic carbocycles. The predicted octanol–water partition coefficient (Wildman–Crippen LogP) is 2.52. The van der Waals surface area contributed by atoms with E-state index in [4.69, 9.17) is 0 Å². The van der Waals surface area contributed by atoms with Crippen LogP contribution in [0.2, 0.25) is 0 Å². The lowest BCUT2D eigenvalue weighted by Gasteiger charge is -2.18. The second-order valence-corrected chi connectivity index (χ2v) is 7.01. The van der Waals surface area contributed by atoms with Crippen LogP contribution in [0.3, 0.4) is 0 Å². The number of hydrogen-bond donors (Lipinski definition) is 1. The molecule has 1 aliphatic heterocycles. The van der Waals surface area contributed by atoms with Crippen LogP contribution in [0.25, 0.3) is 0 Å². The molecular formula is C19H25FN4O. The number of amides is 1. The number of nitrogens with one attached hydrogen (secondary N) is 1. The molecule has 134 valence electrons. The Morgan fingerprint density at radius 2 is 2.32 bits per heavy atom. The summed E-state index contributed by atoms with van der Waals surface area (Å²) in [5.41, 5.74) is 2.03. The Hall–Kier alpha value is -2.37. The van der Waals surface area contributed by atoms with E-state index in [1.807, 2.05) is 32.4 Å². The summed E-state index contributed by atoms with van der Waals surface area (Å²) >= 11 is 0. The topological polar surface area (TPSA) is 50.2 Å². The fourth-order valence-electron chi connectivity index (χ4n) is 3.43. The van der Waals surface area contributed by atoms with Crippen molar-refractivity contribution in [1.29, 1.82) is 0 Å². The van der Waals surface area contributed by atoms with Crippen molar-refractivity contribution in [1.82, 2.24) is 15.1 Å². The van der Waals surface area contributed by atoms with Gasteiger partial charge in [-0.05, 0) is 36.5 Å². The van der Waals surface area contributed by atoms with E-state index in [1.165, 1.54) is 12.1 Å². The molecule has 2 aromatic rings. The largest absolute Gasteiger partial charge is 0.367 e. The highest BCUT2D eigenvalue weighted by Gasteiger charge is 2.25. The number of rotatable bonds is 6. The number of halogens is 1. The number of aryl methyl sites for hydroxylation is 1. The normalized spacial score (nSPS) is 18.4. The molecule has 25 heavy (non-hydrogen) atoms. The molecule has 2 heterocycles. The molecule has 6 heteroatoms. The Labute approximate surface area is 147 Å². The number of carbonyl (C=O) groups is 1. The number of nitrogens with zero attached hydrogens (tertiary/aromatic N) is 3. The standard InChI is InChI=1S/C19H25FN4O/c1-14(8-15-4-3-5-16(20)10-15)9-19(25)22-17-6-7-24(12-17)18-11-21-23(2)13-18/h3-5,10-11,13-14,17H,6-9,12H2,1-2H3,(H,22,25)/t14-,17-/m0/s1. The van der Waals surface area contributed by atoms with Gasteiger partial charge in [-0.1, -0.05) is 19.1 Å². The van der Waals surface area contributed by atoms with E-state index < -0.39 is 0 Å². The molecule has 0 radical (unpaired) electrons. The second kappa shape index (κ2) is 7.68. The molecule has 3 rings (SSSR count). The van der Waals surface area contributed by atoms with Crippen molar-refractivity contribution in [3.8, 4) is 0 Å². The summed E-state index contributed by atoms with van der Waals surface area (Å²) in [7, 11) is 1.90. The molecule has 2 atom stereocenters. The van der Waals surface area contributed by atoms with E-state index >= 15 is 0 Å². The van der Waals surface area contributed by atoms with E-state index in [2.05, 4.69) is 15.3 Å². The zero-order chi connectivity index (χ0) is 17.8. The molecule has 0 bridgehead atoms. The van der Waals surface area contributed by atoms with Gasteiger partial charge in [-0.15, -0.1) is 0 Å². The number of benzene rings is 1. The van der Waals surface area contributed by atoms with Gasteiger partial charge in [0.25, 0.3) is 0 Å². The van der Waals surface area contributed by atoms with Crippen LogP contribution in [-0.4, -0.2) is 34.8 Å². The first-order valence-electron chi connectivity index (χ1n) is 8.77. The summed E-state index contributed by atoms with van der Waals surface area (Å²) in [5, 5.41) is 7.33. The third kappa shape index (κ3) is 4.81. The monoisotopic (exact) mass is 344 g/mol. The van der Waals surface area contributed by atoms with Gasteiger partial charge in [0.15, 0.2) is 0 Å². The summed E-state index contributed by atoms with van der Waals surface area (Å²) < 4.78 is 15.0. The van der Waals surface area contributed by atoms with E-state index in [1.54, 1.807) is 10.7 Å². The number of hydrogen-bond acceptors (Lipinski definition) is 3. The second-order valence-electron chi connectivity index (χ2n) is 7.01. The first-order chi connectivity index (χ1) is 12.0. The molecule has 0 saturated carbocycles. The van der Waals surface area contributed by atoms with Crippen LogP contribution >= 0.6 is 0 Å². The lowest BCUT2D eigenvalue weighted by atomic mass is 9.97. The molecular weight excluding hydrogens is 319 g/mol. The van der Waals surface area contributed by atoms with Crippen LogP contribution in [0, 0.1) is 11.7 Å². The number of carbonyl (C=O) groups excluding carboxylic acids is 1. The zero-order valence-corrected chi connectivity index (χ0v) is 14.8. The minimum atomic E-state index is -0.226. The van der Waals surface area contributed by atoms with Crippen molar-refractivity contribution in [2.75, 3.05) is 18.0 Å². The third-order valence-corrected chi connectivity index (χ3v) is 4.62. The minimum Gasteiger partial charge on any atom is -0.367 e. The van der Waals surface area contributed by atoms with Gasteiger partial charge in [0, 0.05) is 38.8 Å². The van der Waals surface area contributed by atoms with Crippen LogP contribution in [0.15, 0.2) is 36.7 Å². The Kier molecular flexibility index (Phi) is 5.36. The average Bonchev–Trinajstić information content (AvgIpc) is 3.16. The van der Waals surface area contributed by atoms with Gasteiger partial charge < -0.3 is 10.2 Å². The maximum atomic E-state index is 13.2. The molecule has 1 aliphatic rings.